The number of amides is 2. The normalized spacial score (nSPS) is 11.7. The maximum atomic E-state index is 13.7. The van der Waals surface area contributed by atoms with Gasteiger partial charge in [0.05, 0.1) is 5.75 Å². The zero-order valence-corrected chi connectivity index (χ0v) is 18.4. The summed E-state index contributed by atoms with van der Waals surface area (Å²) in [5.74, 6) is -0.0331. The molecule has 2 aromatic carbocycles. The minimum atomic E-state index is -0.592. The highest BCUT2D eigenvalue weighted by Crippen LogP contribution is 2.18. The van der Waals surface area contributed by atoms with E-state index in [1.54, 1.807) is 30.0 Å². The molecule has 2 amide bonds. The number of likely N-dealkylation sites (N-methyl/N-ethyl adjacent to an activating group) is 1. The van der Waals surface area contributed by atoms with Crippen LogP contribution in [-0.2, 0) is 21.9 Å². The molecule has 0 aliphatic rings. The first kappa shape index (κ1) is 22.4. The summed E-state index contributed by atoms with van der Waals surface area (Å²) >= 11 is 4.74. The minimum Gasteiger partial charge on any atom is -0.355 e. The van der Waals surface area contributed by atoms with E-state index in [4.69, 9.17) is 0 Å². The van der Waals surface area contributed by atoms with Crippen LogP contribution in [0.4, 0.5) is 4.39 Å². The Morgan fingerprint density at radius 2 is 1.86 bits per heavy atom. The van der Waals surface area contributed by atoms with Crippen LogP contribution in [-0.4, -0.2) is 35.1 Å². The number of thioether (sulfide) groups is 1. The zero-order chi connectivity index (χ0) is 20.5. The molecule has 4 nitrogen and oxygen atoms in total. The Labute approximate surface area is 178 Å². The molecule has 0 radical (unpaired) electrons. The number of hydrogen-bond acceptors (Lipinski definition) is 3. The van der Waals surface area contributed by atoms with Crippen LogP contribution in [0.15, 0.2) is 53.0 Å². The molecule has 0 saturated heterocycles. The lowest BCUT2D eigenvalue weighted by atomic mass is 10.1. The van der Waals surface area contributed by atoms with E-state index in [-0.39, 0.29) is 23.4 Å². The highest BCUT2D eigenvalue weighted by Gasteiger charge is 2.25. The van der Waals surface area contributed by atoms with Crippen molar-refractivity contribution in [2.75, 3.05) is 12.3 Å². The average molecular weight is 467 g/mol. The van der Waals surface area contributed by atoms with Crippen molar-refractivity contribution in [3.05, 3.63) is 69.9 Å². The molecule has 0 aromatic heterocycles. The molecular weight excluding hydrogens is 443 g/mol. The number of benzene rings is 2. The van der Waals surface area contributed by atoms with Gasteiger partial charge in [-0.1, -0.05) is 46.3 Å². The van der Waals surface area contributed by atoms with Gasteiger partial charge in [0.2, 0.25) is 11.8 Å². The highest BCUT2D eigenvalue weighted by atomic mass is 79.9. The topological polar surface area (TPSA) is 49.4 Å². The second-order valence-electron chi connectivity index (χ2n) is 6.30. The third-order valence-corrected chi connectivity index (χ3v) is 5.72. The lowest BCUT2D eigenvalue weighted by Gasteiger charge is -2.28. The van der Waals surface area contributed by atoms with Gasteiger partial charge in [-0.15, -0.1) is 11.8 Å². The summed E-state index contributed by atoms with van der Waals surface area (Å²) < 4.78 is 14.7. The fraction of sp³-hybridized carbons (Fsp3) is 0.333. The van der Waals surface area contributed by atoms with Gasteiger partial charge in [0, 0.05) is 23.3 Å². The molecule has 2 rings (SSSR count). The Hall–Kier alpha value is -1.86. The van der Waals surface area contributed by atoms with Gasteiger partial charge in [-0.05, 0) is 43.2 Å². The summed E-state index contributed by atoms with van der Waals surface area (Å²) in [6.07, 6.45) is 0. The third-order valence-electron chi connectivity index (χ3n) is 4.23. The van der Waals surface area contributed by atoms with Crippen LogP contribution in [0.1, 0.15) is 25.0 Å². The van der Waals surface area contributed by atoms with Crippen molar-refractivity contribution < 1.29 is 14.0 Å². The molecule has 0 fully saturated rings. The molecule has 0 spiro atoms. The summed E-state index contributed by atoms with van der Waals surface area (Å²) in [6, 6.07) is 13.6. The fourth-order valence-electron chi connectivity index (χ4n) is 2.64. The number of carbonyl (C=O) groups is 2. The van der Waals surface area contributed by atoms with E-state index in [2.05, 4.69) is 21.2 Å². The van der Waals surface area contributed by atoms with Gasteiger partial charge >= 0.3 is 0 Å². The summed E-state index contributed by atoms with van der Waals surface area (Å²) in [5, 5.41) is 2.77. The molecule has 0 aliphatic heterocycles. The smallest absolute Gasteiger partial charge is 0.242 e. The number of carbonyl (C=O) groups excluding carboxylic acids is 2. The molecule has 28 heavy (non-hydrogen) atoms. The van der Waals surface area contributed by atoms with Crippen LogP contribution in [0, 0.1) is 5.82 Å². The second kappa shape index (κ2) is 11.2. The molecular formula is C21H24BrFN2O2S. The minimum absolute atomic E-state index is 0.150. The monoisotopic (exact) mass is 466 g/mol. The molecule has 1 N–H and O–H groups in total. The van der Waals surface area contributed by atoms with Gasteiger partial charge in [-0.25, -0.2) is 4.39 Å². The van der Waals surface area contributed by atoms with E-state index >= 15 is 0 Å². The van der Waals surface area contributed by atoms with Gasteiger partial charge in [0.1, 0.15) is 11.9 Å². The molecule has 0 saturated carbocycles. The van der Waals surface area contributed by atoms with E-state index in [0.717, 1.165) is 10.0 Å². The van der Waals surface area contributed by atoms with Gasteiger partial charge in [0.25, 0.3) is 0 Å². The molecule has 0 heterocycles. The zero-order valence-electron chi connectivity index (χ0n) is 16.0. The van der Waals surface area contributed by atoms with Crippen molar-refractivity contribution in [1.29, 1.82) is 0 Å². The predicted octanol–water partition coefficient (Wildman–Crippen LogP) is 4.37. The van der Waals surface area contributed by atoms with Crippen molar-refractivity contribution in [3.8, 4) is 0 Å². The molecule has 1 atom stereocenters. The molecule has 7 heteroatoms. The maximum Gasteiger partial charge on any atom is 0.242 e. The van der Waals surface area contributed by atoms with Gasteiger partial charge in [-0.3, -0.25) is 9.59 Å². The third kappa shape index (κ3) is 6.63. The van der Waals surface area contributed by atoms with Gasteiger partial charge in [-0.2, -0.15) is 0 Å². The molecule has 1 unspecified atom stereocenters. The first-order chi connectivity index (χ1) is 13.4. The van der Waals surface area contributed by atoms with E-state index in [1.165, 1.54) is 17.8 Å². The lowest BCUT2D eigenvalue weighted by Crippen LogP contribution is -2.48. The van der Waals surface area contributed by atoms with Crippen molar-refractivity contribution >= 4 is 39.5 Å². The lowest BCUT2D eigenvalue weighted by molar-refractivity contribution is -0.138. The highest BCUT2D eigenvalue weighted by molar-refractivity contribution is 9.10. The Morgan fingerprint density at radius 1 is 1.18 bits per heavy atom. The molecule has 0 aliphatic carbocycles. The predicted molar refractivity (Wildman–Crippen MR) is 115 cm³/mol. The van der Waals surface area contributed by atoms with Crippen LogP contribution in [0.3, 0.4) is 0 Å². The molecule has 150 valence electrons. The van der Waals surface area contributed by atoms with Crippen molar-refractivity contribution in [2.24, 2.45) is 0 Å². The Balaban J connectivity index is 2.05. The van der Waals surface area contributed by atoms with Crippen LogP contribution < -0.4 is 5.32 Å². The first-order valence-electron chi connectivity index (χ1n) is 9.05. The van der Waals surface area contributed by atoms with Crippen LogP contribution >= 0.6 is 27.7 Å². The summed E-state index contributed by atoms with van der Waals surface area (Å²) in [7, 11) is 0. The average Bonchev–Trinajstić information content (AvgIpc) is 2.68. The first-order valence-corrected chi connectivity index (χ1v) is 11.0. The number of hydrogen-bond donors (Lipinski definition) is 1. The fourth-order valence-corrected chi connectivity index (χ4v) is 3.80. The quantitative estimate of drug-likeness (QED) is 0.596. The van der Waals surface area contributed by atoms with Crippen LogP contribution in [0.5, 0.6) is 0 Å². The van der Waals surface area contributed by atoms with Crippen LogP contribution in [0.2, 0.25) is 0 Å². The number of nitrogens with zero attached hydrogens (tertiary/aromatic N) is 1. The van der Waals surface area contributed by atoms with E-state index < -0.39 is 6.04 Å². The van der Waals surface area contributed by atoms with Crippen molar-refractivity contribution in [2.45, 2.75) is 32.2 Å². The van der Waals surface area contributed by atoms with Crippen molar-refractivity contribution in [1.82, 2.24) is 10.2 Å². The summed E-state index contributed by atoms with van der Waals surface area (Å²) in [6.45, 7) is 4.41. The van der Waals surface area contributed by atoms with Gasteiger partial charge < -0.3 is 10.2 Å². The number of halogens is 2. The van der Waals surface area contributed by atoms with E-state index in [9.17, 15) is 14.0 Å². The molecule has 0 bridgehead atoms. The molecule has 2 aromatic rings. The number of rotatable bonds is 9. The van der Waals surface area contributed by atoms with Crippen molar-refractivity contribution in [3.63, 3.8) is 0 Å². The standard InChI is InChI=1S/C21H24BrFN2O2S/c1-3-24-21(27)15(2)25(12-16-8-10-18(22)11-9-16)20(26)14-28-13-17-6-4-5-7-19(17)23/h4-11,15H,3,12-14H2,1-2H3,(H,24,27). The Kier molecular flexibility index (Phi) is 8.99. The summed E-state index contributed by atoms with van der Waals surface area (Å²) in [5.41, 5.74) is 1.50. The van der Waals surface area contributed by atoms with E-state index in [1.807, 2.05) is 31.2 Å². The number of nitrogens with one attached hydrogen (secondary N) is 1. The van der Waals surface area contributed by atoms with Crippen LogP contribution in [0.25, 0.3) is 0 Å². The second-order valence-corrected chi connectivity index (χ2v) is 8.20. The maximum absolute atomic E-state index is 13.7. The summed E-state index contributed by atoms with van der Waals surface area (Å²) in [4.78, 5) is 26.7. The SMILES string of the molecule is CCNC(=O)C(C)N(Cc1ccc(Br)cc1)C(=O)CSCc1ccccc1F. The van der Waals surface area contributed by atoms with Gasteiger partial charge in [0.15, 0.2) is 0 Å². The Bertz CT molecular complexity index is 801. The van der Waals surface area contributed by atoms with E-state index in [0.29, 0.717) is 24.4 Å². The largest absolute Gasteiger partial charge is 0.355 e. The Morgan fingerprint density at radius 3 is 2.50 bits per heavy atom.